The molecule has 10 heteroatoms. The summed E-state index contributed by atoms with van der Waals surface area (Å²) >= 11 is 0. The molecule has 3 N–H and O–H groups in total. The Balaban J connectivity index is 2.41. The number of benzene rings is 1. The molecule has 2 aromatic rings. The Bertz CT molecular complexity index is 750. The number of hydrogen-bond acceptors (Lipinski definition) is 5. The first-order chi connectivity index (χ1) is 9.29. The van der Waals surface area contributed by atoms with Crippen molar-refractivity contribution in [2.45, 2.75) is 4.90 Å². The molecule has 0 spiro atoms. The van der Waals surface area contributed by atoms with E-state index in [4.69, 9.17) is 5.73 Å². The van der Waals surface area contributed by atoms with E-state index in [1.165, 1.54) is 0 Å². The molecule has 6 nitrogen and oxygen atoms in total. The number of nitrogens with two attached hydrogens (primary N) is 1. The van der Waals surface area contributed by atoms with E-state index >= 15 is 0 Å². The summed E-state index contributed by atoms with van der Waals surface area (Å²) in [5.74, 6) is -4.33. The van der Waals surface area contributed by atoms with Crippen molar-refractivity contribution in [2.24, 2.45) is 0 Å². The topological polar surface area (TPSA) is 98.0 Å². The van der Waals surface area contributed by atoms with Gasteiger partial charge in [0.25, 0.3) is 10.0 Å². The Hall–Kier alpha value is -2.36. The molecular formula is C10H7F3N4O2S. The van der Waals surface area contributed by atoms with Crippen LogP contribution in [-0.2, 0) is 10.0 Å². The normalized spacial score (nSPS) is 11.3. The van der Waals surface area contributed by atoms with Gasteiger partial charge in [0.05, 0.1) is 18.1 Å². The number of nitrogen functional groups attached to an aromatic ring is 1. The summed E-state index contributed by atoms with van der Waals surface area (Å²) < 4.78 is 64.7. The van der Waals surface area contributed by atoms with Gasteiger partial charge >= 0.3 is 0 Å². The van der Waals surface area contributed by atoms with Gasteiger partial charge in [0.2, 0.25) is 5.95 Å². The molecule has 1 aromatic heterocycles. The minimum absolute atomic E-state index is 0.160. The predicted molar refractivity (Wildman–Crippen MR) is 63.6 cm³/mol. The van der Waals surface area contributed by atoms with Gasteiger partial charge in [-0.05, 0) is 0 Å². The molecule has 2 rings (SSSR count). The number of nitrogens with one attached hydrogen (secondary N) is 1. The average molecular weight is 304 g/mol. The first-order valence-corrected chi connectivity index (χ1v) is 6.53. The highest BCUT2D eigenvalue weighted by atomic mass is 32.2. The Morgan fingerprint density at radius 3 is 2.30 bits per heavy atom. The molecule has 0 bridgehead atoms. The minimum atomic E-state index is -4.29. The van der Waals surface area contributed by atoms with Crippen LogP contribution in [0.15, 0.2) is 29.4 Å². The smallest absolute Gasteiger partial charge is 0.265 e. The van der Waals surface area contributed by atoms with E-state index in [2.05, 4.69) is 9.97 Å². The van der Waals surface area contributed by atoms with Crippen LogP contribution in [0.3, 0.4) is 0 Å². The van der Waals surface area contributed by atoms with Crippen LogP contribution in [0.1, 0.15) is 0 Å². The van der Waals surface area contributed by atoms with Crippen LogP contribution in [0.25, 0.3) is 0 Å². The lowest BCUT2D eigenvalue weighted by Crippen LogP contribution is -2.15. The summed E-state index contributed by atoms with van der Waals surface area (Å²) in [4.78, 5) is 6.47. The predicted octanol–water partition coefficient (Wildman–Crippen LogP) is 1.28. The van der Waals surface area contributed by atoms with E-state index in [1.54, 1.807) is 4.72 Å². The Morgan fingerprint density at radius 1 is 1.10 bits per heavy atom. The first kappa shape index (κ1) is 14.1. The van der Waals surface area contributed by atoms with Gasteiger partial charge in [0, 0.05) is 12.1 Å². The van der Waals surface area contributed by atoms with Crippen molar-refractivity contribution in [3.05, 3.63) is 42.0 Å². The number of halogens is 3. The molecule has 106 valence electrons. The van der Waals surface area contributed by atoms with Crippen molar-refractivity contribution in [1.82, 2.24) is 9.97 Å². The summed E-state index contributed by atoms with van der Waals surface area (Å²) in [7, 11) is -4.29. The third-order valence-electron chi connectivity index (χ3n) is 2.20. The van der Waals surface area contributed by atoms with Crippen molar-refractivity contribution < 1.29 is 21.6 Å². The number of aromatic nitrogens is 2. The highest BCUT2D eigenvalue weighted by Crippen LogP contribution is 2.22. The van der Waals surface area contributed by atoms with Crippen molar-refractivity contribution in [3.63, 3.8) is 0 Å². The number of sulfonamides is 1. The second kappa shape index (κ2) is 4.96. The maximum absolute atomic E-state index is 13.4. The number of rotatable bonds is 3. The van der Waals surface area contributed by atoms with Crippen molar-refractivity contribution in [3.8, 4) is 0 Å². The highest BCUT2D eigenvalue weighted by molar-refractivity contribution is 7.92. The van der Waals surface area contributed by atoms with E-state index in [9.17, 15) is 21.6 Å². The lowest BCUT2D eigenvalue weighted by molar-refractivity contribution is 0.498. The summed E-state index contributed by atoms with van der Waals surface area (Å²) in [6.07, 6.45) is 1.75. The molecule has 0 saturated heterocycles. The number of hydrogen-bond donors (Lipinski definition) is 2. The fourth-order valence-corrected chi connectivity index (χ4v) is 2.24. The summed E-state index contributed by atoms with van der Waals surface area (Å²) in [5, 5.41) is 0. The molecule has 0 saturated carbocycles. The maximum Gasteiger partial charge on any atom is 0.265 e. The Kier molecular flexibility index (Phi) is 3.49. The van der Waals surface area contributed by atoms with Crippen LogP contribution in [0.4, 0.5) is 24.8 Å². The monoisotopic (exact) mass is 304 g/mol. The van der Waals surface area contributed by atoms with Crippen LogP contribution < -0.4 is 10.5 Å². The van der Waals surface area contributed by atoms with Crippen LogP contribution in [0.5, 0.6) is 0 Å². The molecule has 0 aliphatic heterocycles. The molecule has 1 heterocycles. The first-order valence-electron chi connectivity index (χ1n) is 5.04. The number of anilines is 2. The molecule has 0 radical (unpaired) electrons. The van der Waals surface area contributed by atoms with Crippen LogP contribution in [-0.4, -0.2) is 18.4 Å². The van der Waals surface area contributed by atoms with E-state index in [0.29, 0.717) is 12.1 Å². The van der Waals surface area contributed by atoms with Gasteiger partial charge in [-0.25, -0.2) is 31.6 Å². The van der Waals surface area contributed by atoms with Gasteiger partial charge < -0.3 is 5.73 Å². The van der Waals surface area contributed by atoms with Crippen molar-refractivity contribution in [1.29, 1.82) is 0 Å². The van der Waals surface area contributed by atoms with Crippen LogP contribution in [0, 0.1) is 17.5 Å². The Labute approximate surface area is 111 Å². The molecule has 1 aromatic carbocycles. The maximum atomic E-state index is 13.4. The molecule has 0 amide bonds. The van der Waals surface area contributed by atoms with Gasteiger partial charge in [-0.3, -0.25) is 4.72 Å². The van der Waals surface area contributed by atoms with Crippen LogP contribution >= 0.6 is 0 Å². The van der Waals surface area contributed by atoms with E-state index in [-0.39, 0.29) is 5.95 Å². The van der Waals surface area contributed by atoms with Crippen molar-refractivity contribution >= 4 is 21.7 Å². The van der Waals surface area contributed by atoms with E-state index in [1.807, 2.05) is 0 Å². The van der Waals surface area contributed by atoms with Crippen molar-refractivity contribution in [2.75, 3.05) is 10.5 Å². The lowest BCUT2D eigenvalue weighted by atomic mass is 10.3. The summed E-state index contributed by atoms with van der Waals surface area (Å²) in [5.41, 5.74) is 4.33. The second-order valence-corrected chi connectivity index (χ2v) is 5.31. The molecule has 20 heavy (non-hydrogen) atoms. The fourth-order valence-electron chi connectivity index (χ4n) is 1.30. The lowest BCUT2D eigenvalue weighted by Gasteiger charge is -2.09. The molecule has 0 aliphatic carbocycles. The zero-order chi connectivity index (χ0) is 14.9. The molecule has 0 atom stereocenters. The fraction of sp³-hybridized carbons (Fsp3) is 0. The van der Waals surface area contributed by atoms with Gasteiger partial charge in [0.1, 0.15) is 10.7 Å². The molecule has 0 unspecified atom stereocenters. The van der Waals surface area contributed by atoms with Gasteiger partial charge in [-0.15, -0.1) is 0 Å². The molecule has 0 aliphatic rings. The zero-order valence-corrected chi connectivity index (χ0v) is 10.5. The van der Waals surface area contributed by atoms with Gasteiger partial charge in [-0.1, -0.05) is 0 Å². The largest absolute Gasteiger partial charge is 0.368 e. The van der Waals surface area contributed by atoms with Gasteiger partial charge in [-0.2, -0.15) is 0 Å². The second-order valence-electron chi connectivity index (χ2n) is 3.63. The third kappa shape index (κ3) is 2.79. The minimum Gasteiger partial charge on any atom is -0.368 e. The molecular weight excluding hydrogens is 297 g/mol. The summed E-state index contributed by atoms with van der Waals surface area (Å²) in [6, 6.07) is 0.799. The van der Waals surface area contributed by atoms with E-state index < -0.39 is 38.1 Å². The zero-order valence-electron chi connectivity index (χ0n) is 9.64. The van der Waals surface area contributed by atoms with Gasteiger partial charge in [0.15, 0.2) is 11.6 Å². The highest BCUT2D eigenvalue weighted by Gasteiger charge is 2.20. The SMILES string of the molecule is Nc1ncc(S(=O)(=O)Nc2cc(F)cc(F)c2F)cn1. The van der Waals surface area contributed by atoms with E-state index in [0.717, 1.165) is 12.4 Å². The summed E-state index contributed by atoms with van der Waals surface area (Å²) in [6.45, 7) is 0. The quantitative estimate of drug-likeness (QED) is 0.832. The molecule has 0 fully saturated rings. The third-order valence-corrected chi connectivity index (χ3v) is 3.52. The average Bonchev–Trinajstić information content (AvgIpc) is 2.35. The number of nitrogens with zero attached hydrogens (tertiary/aromatic N) is 2. The van der Waals surface area contributed by atoms with Crippen LogP contribution in [0.2, 0.25) is 0 Å². The standard InChI is InChI=1S/C10H7F3N4O2S/c11-5-1-7(12)9(13)8(2-5)17-20(18,19)6-3-15-10(14)16-4-6/h1-4,17H,(H2,14,15,16). The Morgan fingerprint density at radius 2 is 1.70 bits per heavy atom.